The van der Waals surface area contributed by atoms with E-state index < -0.39 is 6.10 Å². The number of carbonyl (C=O) groups excluding carboxylic acids is 3. The first-order chi connectivity index (χ1) is 29.0. The van der Waals surface area contributed by atoms with Gasteiger partial charge in [0.25, 0.3) is 0 Å². The highest BCUT2D eigenvalue weighted by molar-refractivity contribution is 5.71. The lowest BCUT2D eigenvalue weighted by atomic mass is 10.1. The van der Waals surface area contributed by atoms with E-state index in [4.69, 9.17) is 14.2 Å². The molecule has 332 valence electrons. The summed E-state index contributed by atoms with van der Waals surface area (Å²) >= 11 is 0. The summed E-state index contributed by atoms with van der Waals surface area (Å²) in [5.74, 6) is -1.01. The Labute approximate surface area is 361 Å². The van der Waals surface area contributed by atoms with Gasteiger partial charge in [-0.3, -0.25) is 14.4 Å². The van der Waals surface area contributed by atoms with Gasteiger partial charge in [0, 0.05) is 19.3 Å². The maximum Gasteiger partial charge on any atom is 0.306 e. The SMILES string of the molecule is CC\C=C/C=C\C=C/C=C\CCCCCCCC(=O)OCC(COC(=O)CCC/C=C\C/C=C\C/C=C\CC)OC(=O)CCCCCCCC/C=C\C=C/CCCCC. The summed E-state index contributed by atoms with van der Waals surface area (Å²) in [7, 11) is 0. The van der Waals surface area contributed by atoms with Crippen molar-refractivity contribution in [3.63, 3.8) is 0 Å². The van der Waals surface area contributed by atoms with Gasteiger partial charge in [-0.05, 0) is 89.9 Å². The van der Waals surface area contributed by atoms with Gasteiger partial charge in [-0.15, -0.1) is 0 Å². The van der Waals surface area contributed by atoms with Crippen LogP contribution < -0.4 is 0 Å². The lowest BCUT2D eigenvalue weighted by molar-refractivity contribution is -0.167. The molecule has 0 aliphatic rings. The van der Waals surface area contributed by atoms with Crippen LogP contribution in [0.4, 0.5) is 0 Å². The number of unbranched alkanes of at least 4 members (excludes halogenated alkanes) is 15. The highest BCUT2D eigenvalue weighted by atomic mass is 16.6. The normalized spacial score (nSPS) is 13.1. The van der Waals surface area contributed by atoms with Crippen molar-refractivity contribution in [1.82, 2.24) is 0 Å². The number of hydrogen-bond acceptors (Lipinski definition) is 6. The van der Waals surface area contributed by atoms with Crippen LogP contribution in [0.25, 0.3) is 0 Å². The molecule has 0 aliphatic carbocycles. The van der Waals surface area contributed by atoms with Crippen molar-refractivity contribution in [3.05, 3.63) is 109 Å². The van der Waals surface area contributed by atoms with E-state index in [9.17, 15) is 14.4 Å². The van der Waals surface area contributed by atoms with E-state index in [-0.39, 0.29) is 37.5 Å². The molecule has 6 nitrogen and oxygen atoms in total. The monoisotopic (exact) mass is 817 g/mol. The molecule has 0 bridgehead atoms. The lowest BCUT2D eigenvalue weighted by Gasteiger charge is -2.18. The van der Waals surface area contributed by atoms with Gasteiger partial charge in [0.15, 0.2) is 6.10 Å². The molecule has 0 aromatic rings. The van der Waals surface area contributed by atoms with Gasteiger partial charge >= 0.3 is 17.9 Å². The van der Waals surface area contributed by atoms with Crippen LogP contribution in [-0.4, -0.2) is 37.2 Å². The van der Waals surface area contributed by atoms with Crippen LogP contribution >= 0.6 is 0 Å². The van der Waals surface area contributed by atoms with E-state index in [1.807, 2.05) is 24.3 Å². The Morgan fingerprint density at radius 3 is 1.31 bits per heavy atom. The predicted molar refractivity (Wildman–Crippen MR) is 251 cm³/mol. The maximum absolute atomic E-state index is 12.7. The van der Waals surface area contributed by atoms with Crippen molar-refractivity contribution < 1.29 is 28.6 Å². The van der Waals surface area contributed by atoms with E-state index >= 15 is 0 Å². The molecule has 0 saturated carbocycles. The van der Waals surface area contributed by atoms with Crippen LogP contribution in [0.2, 0.25) is 0 Å². The van der Waals surface area contributed by atoms with Gasteiger partial charge in [-0.1, -0.05) is 188 Å². The van der Waals surface area contributed by atoms with Crippen LogP contribution in [0.5, 0.6) is 0 Å². The highest BCUT2D eigenvalue weighted by Crippen LogP contribution is 2.12. The molecular formula is C53H84O6. The van der Waals surface area contributed by atoms with Crippen molar-refractivity contribution in [2.24, 2.45) is 0 Å². The van der Waals surface area contributed by atoms with E-state index in [0.717, 1.165) is 109 Å². The van der Waals surface area contributed by atoms with Crippen molar-refractivity contribution in [1.29, 1.82) is 0 Å². The molecule has 0 aromatic heterocycles. The molecule has 0 aliphatic heterocycles. The highest BCUT2D eigenvalue weighted by Gasteiger charge is 2.19. The second kappa shape index (κ2) is 46.8. The van der Waals surface area contributed by atoms with Gasteiger partial charge < -0.3 is 14.2 Å². The fourth-order valence-electron chi connectivity index (χ4n) is 5.88. The number of esters is 3. The largest absolute Gasteiger partial charge is 0.462 e. The van der Waals surface area contributed by atoms with Crippen LogP contribution in [0.3, 0.4) is 0 Å². The quantitative estimate of drug-likeness (QED) is 0.0201. The molecule has 0 aromatic carbocycles. The Balaban J connectivity index is 4.52. The Morgan fingerprint density at radius 2 is 0.763 bits per heavy atom. The average molecular weight is 817 g/mol. The van der Waals surface area contributed by atoms with Crippen LogP contribution in [0.1, 0.15) is 188 Å². The average Bonchev–Trinajstić information content (AvgIpc) is 3.23. The third kappa shape index (κ3) is 45.0. The number of rotatable bonds is 40. The summed E-state index contributed by atoms with van der Waals surface area (Å²) in [6.07, 6.45) is 62.2. The van der Waals surface area contributed by atoms with Crippen molar-refractivity contribution in [2.45, 2.75) is 194 Å². The molecule has 0 amide bonds. The molecular weight excluding hydrogens is 733 g/mol. The minimum Gasteiger partial charge on any atom is -0.462 e. The molecule has 6 heteroatoms. The van der Waals surface area contributed by atoms with E-state index in [1.165, 1.54) is 32.1 Å². The first-order valence-electron chi connectivity index (χ1n) is 23.5. The molecule has 0 radical (unpaired) electrons. The van der Waals surface area contributed by atoms with Crippen LogP contribution in [0.15, 0.2) is 109 Å². The molecule has 0 N–H and O–H groups in total. The number of ether oxygens (including phenoxy) is 3. The fourth-order valence-corrected chi connectivity index (χ4v) is 5.88. The number of hydrogen-bond donors (Lipinski definition) is 0. The molecule has 0 saturated heterocycles. The van der Waals surface area contributed by atoms with E-state index in [2.05, 4.69) is 106 Å². The summed E-state index contributed by atoms with van der Waals surface area (Å²) in [5, 5.41) is 0. The lowest BCUT2D eigenvalue weighted by Crippen LogP contribution is -2.30. The first kappa shape index (κ1) is 55.1. The van der Waals surface area contributed by atoms with Gasteiger partial charge in [0.05, 0.1) is 0 Å². The number of carbonyl (C=O) groups is 3. The third-order valence-corrected chi connectivity index (χ3v) is 9.36. The zero-order valence-electron chi connectivity index (χ0n) is 37.7. The second-order valence-corrected chi connectivity index (χ2v) is 15.0. The third-order valence-electron chi connectivity index (χ3n) is 9.36. The second-order valence-electron chi connectivity index (χ2n) is 15.0. The Morgan fingerprint density at radius 1 is 0.373 bits per heavy atom. The minimum absolute atomic E-state index is 0.114. The Bertz CT molecular complexity index is 1260. The molecule has 1 atom stereocenters. The van der Waals surface area contributed by atoms with Gasteiger partial charge in [-0.2, -0.15) is 0 Å². The topological polar surface area (TPSA) is 78.9 Å². The summed E-state index contributed by atoms with van der Waals surface area (Å²) in [5.41, 5.74) is 0. The fraction of sp³-hybridized carbons (Fsp3) is 0.604. The molecule has 0 heterocycles. The summed E-state index contributed by atoms with van der Waals surface area (Å²) in [6, 6.07) is 0. The summed E-state index contributed by atoms with van der Waals surface area (Å²) in [4.78, 5) is 37.8. The zero-order valence-corrected chi connectivity index (χ0v) is 37.7. The zero-order chi connectivity index (χ0) is 43.0. The van der Waals surface area contributed by atoms with E-state index in [0.29, 0.717) is 19.3 Å². The smallest absolute Gasteiger partial charge is 0.306 e. The summed E-state index contributed by atoms with van der Waals surface area (Å²) < 4.78 is 16.7. The minimum atomic E-state index is -0.815. The van der Waals surface area contributed by atoms with Gasteiger partial charge in [0.1, 0.15) is 13.2 Å². The van der Waals surface area contributed by atoms with E-state index in [1.54, 1.807) is 0 Å². The first-order valence-corrected chi connectivity index (χ1v) is 23.5. The Hall–Kier alpha value is -3.93. The molecule has 0 fully saturated rings. The molecule has 59 heavy (non-hydrogen) atoms. The van der Waals surface area contributed by atoms with Crippen molar-refractivity contribution >= 4 is 17.9 Å². The van der Waals surface area contributed by atoms with Crippen molar-refractivity contribution in [3.8, 4) is 0 Å². The predicted octanol–water partition coefficient (Wildman–Crippen LogP) is 15.2. The van der Waals surface area contributed by atoms with Gasteiger partial charge in [0.2, 0.25) is 0 Å². The Kier molecular flexibility index (Phi) is 43.6. The summed E-state index contributed by atoms with van der Waals surface area (Å²) in [6.45, 7) is 6.24. The molecule has 0 spiro atoms. The standard InChI is InChI=1S/C53H84O6/c1-4-7-10-13-16-19-22-24-26-28-31-34-37-40-43-46-52(55)58-49-50(48-57-51(54)45-42-39-36-33-30-21-18-15-12-9-6-3)59-53(56)47-44-41-38-35-32-29-27-25-23-20-17-14-11-8-5-2/h7,9-10,12-13,16-26,33,36,50H,4-6,8,11,14-15,27-32,34-35,37-49H2,1-3H3/b10-7-,12-9-,16-13-,20-17-,21-18-,22-19-,25-23-,26-24-,36-33-. The number of allylic oxidation sites excluding steroid dienone is 18. The maximum atomic E-state index is 12.7. The van der Waals surface area contributed by atoms with Crippen LogP contribution in [0, 0.1) is 0 Å². The molecule has 1 unspecified atom stereocenters. The molecule has 0 rings (SSSR count). The van der Waals surface area contributed by atoms with Crippen LogP contribution in [-0.2, 0) is 28.6 Å². The van der Waals surface area contributed by atoms with Crippen molar-refractivity contribution in [2.75, 3.05) is 13.2 Å². The van der Waals surface area contributed by atoms with Gasteiger partial charge in [-0.25, -0.2) is 0 Å².